The van der Waals surface area contributed by atoms with E-state index in [9.17, 15) is 4.79 Å². The molecule has 0 heterocycles. The minimum absolute atomic E-state index is 0.148. The Labute approximate surface area is 120 Å². The van der Waals surface area contributed by atoms with E-state index >= 15 is 0 Å². The highest BCUT2D eigenvalue weighted by Crippen LogP contribution is 2.22. The number of aryl methyl sites for hydroxylation is 1. The largest absolute Gasteiger partial charge is 0.486 e. The van der Waals surface area contributed by atoms with Crippen LogP contribution in [0.15, 0.2) is 48.5 Å². The molecule has 0 amide bonds. The van der Waals surface area contributed by atoms with Crippen LogP contribution in [0.2, 0.25) is 0 Å². The molecular weight excluding hydrogens is 248 g/mol. The van der Waals surface area contributed by atoms with Gasteiger partial charge in [-0.25, -0.2) is 0 Å². The highest BCUT2D eigenvalue weighted by Gasteiger charge is 2.02. The Kier molecular flexibility index (Phi) is 4.94. The van der Waals surface area contributed by atoms with Gasteiger partial charge in [-0.2, -0.15) is 0 Å². The van der Waals surface area contributed by atoms with Crippen LogP contribution in [0.3, 0.4) is 0 Å². The highest BCUT2D eigenvalue weighted by molar-refractivity contribution is 5.79. The molecule has 2 nitrogen and oxygen atoms in total. The molecule has 0 bridgehead atoms. The van der Waals surface area contributed by atoms with Crippen molar-refractivity contribution in [2.75, 3.05) is 6.61 Å². The zero-order valence-electron chi connectivity index (χ0n) is 12.1. The van der Waals surface area contributed by atoms with Gasteiger partial charge in [0.25, 0.3) is 0 Å². The summed E-state index contributed by atoms with van der Waals surface area (Å²) < 4.78 is 5.48. The van der Waals surface area contributed by atoms with Crippen LogP contribution in [0.5, 0.6) is 5.75 Å². The van der Waals surface area contributed by atoms with Crippen LogP contribution in [-0.2, 0) is 4.79 Å². The zero-order valence-corrected chi connectivity index (χ0v) is 12.1. The van der Waals surface area contributed by atoms with Crippen LogP contribution in [0.4, 0.5) is 0 Å². The number of hydrogen-bond donors (Lipinski definition) is 0. The normalized spacial score (nSPS) is 10.3. The Morgan fingerprint density at radius 3 is 2.05 bits per heavy atom. The van der Waals surface area contributed by atoms with Gasteiger partial charge >= 0.3 is 0 Å². The average Bonchev–Trinajstić information content (AvgIpc) is 2.47. The standard InChI is InChI=1S/C18H20O2/c1-3-4-17(19)13-20-18-11-9-16(10-12-18)15-7-5-14(2)6-8-15/h5-12H,3-4,13H2,1-2H3. The molecule has 0 saturated carbocycles. The minimum Gasteiger partial charge on any atom is -0.486 e. The number of Topliss-reactive ketones (excluding diaryl/α,β-unsaturated/α-hetero) is 1. The average molecular weight is 268 g/mol. The smallest absolute Gasteiger partial charge is 0.170 e. The summed E-state index contributed by atoms with van der Waals surface area (Å²) in [7, 11) is 0. The predicted molar refractivity (Wildman–Crippen MR) is 82.0 cm³/mol. The third-order valence-electron chi connectivity index (χ3n) is 3.17. The van der Waals surface area contributed by atoms with E-state index < -0.39 is 0 Å². The van der Waals surface area contributed by atoms with Crippen LogP contribution in [-0.4, -0.2) is 12.4 Å². The first-order valence-electron chi connectivity index (χ1n) is 7.00. The van der Waals surface area contributed by atoms with Crippen molar-refractivity contribution in [2.45, 2.75) is 26.7 Å². The molecule has 0 fully saturated rings. The lowest BCUT2D eigenvalue weighted by Crippen LogP contribution is -2.10. The van der Waals surface area contributed by atoms with E-state index in [1.54, 1.807) is 0 Å². The third kappa shape index (κ3) is 3.95. The maximum atomic E-state index is 11.4. The molecule has 2 heteroatoms. The second kappa shape index (κ2) is 6.90. The van der Waals surface area contributed by atoms with Crippen molar-refractivity contribution in [2.24, 2.45) is 0 Å². The summed E-state index contributed by atoms with van der Waals surface area (Å²) in [6.45, 7) is 4.24. The first kappa shape index (κ1) is 14.3. The summed E-state index contributed by atoms with van der Waals surface area (Å²) in [5.74, 6) is 0.889. The molecule has 0 aliphatic rings. The van der Waals surface area contributed by atoms with Crippen molar-refractivity contribution in [3.05, 3.63) is 54.1 Å². The highest BCUT2D eigenvalue weighted by atomic mass is 16.5. The first-order valence-corrected chi connectivity index (χ1v) is 7.00. The number of carbonyl (C=O) groups excluding carboxylic acids is 1. The Morgan fingerprint density at radius 2 is 1.50 bits per heavy atom. The first-order chi connectivity index (χ1) is 9.69. The molecule has 0 saturated heterocycles. The SMILES string of the molecule is CCCC(=O)COc1ccc(-c2ccc(C)cc2)cc1. The van der Waals surface area contributed by atoms with E-state index in [-0.39, 0.29) is 12.4 Å². The van der Waals surface area contributed by atoms with Gasteiger partial charge in [0.1, 0.15) is 12.4 Å². The fourth-order valence-electron chi connectivity index (χ4n) is 2.00. The molecular formula is C18H20O2. The molecule has 0 atom stereocenters. The van der Waals surface area contributed by atoms with Crippen molar-refractivity contribution in [1.82, 2.24) is 0 Å². The molecule has 0 aliphatic carbocycles. The van der Waals surface area contributed by atoms with Crippen LogP contribution in [0, 0.1) is 6.92 Å². The summed E-state index contributed by atoms with van der Waals surface area (Å²) in [6.07, 6.45) is 1.45. The Hall–Kier alpha value is -2.09. The lowest BCUT2D eigenvalue weighted by molar-refractivity contribution is -0.121. The van der Waals surface area contributed by atoms with Gasteiger partial charge in [0.05, 0.1) is 0 Å². The fraction of sp³-hybridized carbons (Fsp3) is 0.278. The van der Waals surface area contributed by atoms with E-state index in [1.807, 2.05) is 31.2 Å². The summed E-state index contributed by atoms with van der Waals surface area (Å²) >= 11 is 0. The van der Waals surface area contributed by atoms with E-state index in [2.05, 4.69) is 31.2 Å². The van der Waals surface area contributed by atoms with Gasteiger partial charge in [0.2, 0.25) is 0 Å². The molecule has 0 aromatic heterocycles. The predicted octanol–water partition coefficient (Wildman–Crippen LogP) is 4.41. The lowest BCUT2D eigenvalue weighted by Gasteiger charge is -2.07. The van der Waals surface area contributed by atoms with Gasteiger partial charge in [-0.1, -0.05) is 48.9 Å². The van der Waals surface area contributed by atoms with E-state index in [1.165, 1.54) is 11.1 Å². The Morgan fingerprint density at radius 1 is 0.950 bits per heavy atom. The maximum Gasteiger partial charge on any atom is 0.170 e. The Bertz CT molecular complexity index is 553. The van der Waals surface area contributed by atoms with Crippen LogP contribution in [0.1, 0.15) is 25.3 Å². The summed E-state index contributed by atoms with van der Waals surface area (Å²) in [5.41, 5.74) is 3.59. The molecule has 104 valence electrons. The van der Waals surface area contributed by atoms with Crippen LogP contribution in [0.25, 0.3) is 11.1 Å². The minimum atomic E-state index is 0.148. The van der Waals surface area contributed by atoms with Crippen molar-refractivity contribution in [1.29, 1.82) is 0 Å². The van der Waals surface area contributed by atoms with Gasteiger partial charge in [-0.05, 0) is 36.6 Å². The van der Waals surface area contributed by atoms with Gasteiger partial charge in [-0.15, -0.1) is 0 Å². The second-order valence-electron chi connectivity index (χ2n) is 4.97. The molecule has 0 unspecified atom stereocenters. The van der Waals surface area contributed by atoms with E-state index in [0.29, 0.717) is 6.42 Å². The van der Waals surface area contributed by atoms with E-state index in [0.717, 1.165) is 17.7 Å². The molecule has 0 radical (unpaired) electrons. The van der Waals surface area contributed by atoms with Gasteiger partial charge in [-0.3, -0.25) is 4.79 Å². The summed E-state index contributed by atoms with van der Waals surface area (Å²) in [6, 6.07) is 16.3. The van der Waals surface area contributed by atoms with Crippen LogP contribution < -0.4 is 4.74 Å². The number of ketones is 1. The monoisotopic (exact) mass is 268 g/mol. The Balaban J connectivity index is 1.99. The molecule has 2 aromatic rings. The molecule has 20 heavy (non-hydrogen) atoms. The topological polar surface area (TPSA) is 26.3 Å². The van der Waals surface area contributed by atoms with Crippen molar-refractivity contribution in [3.63, 3.8) is 0 Å². The summed E-state index contributed by atoms with van der Waals surface area (Å²) in [4.78, 5) is 11.4. The van der Waals surface area contributed by atoms with Gasteiger partial charge in [0.15, 0.2) is 5.78 Å². The lowest BCUT2D eigenvalue weighted by atomic mass is 10.0. The van der Waals surface area contributed by atoms with Gasteiger partial charge < -0.3 is 4.74 Å². The summed E-state index contributed by atoms with van der Waals surface area (Å²) in [5, 5.41) is 0. The number of rotatable bonds is 6. The van der Waals surface area contributed by atoms with Gasteiger partial charge in [0, 0.05) is 6.42 Å². The third-order valence-corrected chi connectivity index (χ3v) is 3.17. The number of carbonyl (C=O) groups is 1. The molecule has 2 aromatic carbocycles. The number of hydrogen-bond acceptors (Lipinski definition) is 2. The maximum absolute atomic E-state index is 11.4. The van der Waals surface area contributed by atoms with Crippen molar-refractivity contribution < 1.29 is 9.53 Å². The van der Waals surface area contributed by atoms with E-state index in [4.69, 9.17) is 4.74 Å². The number of ether oxygens (including phenoxy) is 1. The van der Waals surface area contributed by atoms with Crippen molar-refractivity contribution in [3.8, 4) is 16.9 Å². The zero-order chi connectivity index (χ0) is 14.4. The second-order valence-corrected chi connectivity index (χ2v) is 4.97. The van der Waals surface area contributed by atoms with Crippen molar-refractivity contribution >= 4 is 5.78 Å². The fourth-order valence-corrected chi connectivity index (χ4v) is 2.00. The van der Waals surface area contributed by atoms with Crippen LogP contribution >= 0.6 is 0 Å². The number of benzene rings is 2. The quantitative estimate of drug-likeness (QED) is 0.775. The molecule has 0 aliphatic heterocycles. The molecule has 2 rings (SSSR count). The molecule has 0 N–H and O–H groups in total. The molecule has 0 spiro atoms.